The molecule has 150 valence electrons. The first-order valence-electron chi connectivity index (χ1n) is 9.41. The van der Waals surface area contributed by atoms with Crippen LogP contribution in [0.2, 0.25) is 0 Å². The summed E-state index contributed by atoms with van der Waals surface area (Å²) in [6, 6.07) is 11.7. The van der Waals surface area contributed by atoms with Crippen LogP contribution in [0.1, 0.15) is 26.8 Å². The van der Waals surface area contributed by atoms with Crippen LogP contribution in [0.4, 0.5) is 5.13 Å². The lowest BCUT2D eigenvalue weighted by atomic mass is 10.1. The van der Waals surface area contributed by atoms with Crippen molar-refractivity contribution in [2.24, 2.45) is 5.10 Å². The smallest absolute Gasteiger partial charge is 0.274 e. The average Bonchev–Trinajstić information content (AvgIpc) is 3.32. The molecule has 1 amide bonds. The summed E-state index contributed by atoms with van der Waals surface area (Å²) in [6.45, 7) is 6.59. The number of hydrogen-bond acceptors (Lipinski definition) is 7. The fourth-order valence-corrected chi connectivity index (χ4v) is 4.18. The number of ether oxygens (including phenoxy) is 1. The van der Waals surface area contributed by atoms with Crippen molar-refractivity contribution in [3.8, 4) is 11.3 Å². The number of furan rings is 1. The monoisotopic (exact) mass is 410 g/mol. The second kappa shape index (κ2) is 8.59. The molecule has 3 heterocycles. The van der Waals surface area contributed by atoms with Gasteiger partial charge in [-0.25, -0.2) is 10.4 Å². The number of aryl methyl sites for hydroxylation is 2. The van der Waals surface area contributed by atoms with Gasteiger partial charge < -0.3 is 14.1 Å². The lowest BCUT2D eigenvalue weighted by Gasteiger charge is -2.26. The molecule has 29 heavy (non-hydrogen) atoms. The number of aromatic nitrogens is 1. The van der Waals surface area contributed by atoms with Gasteiger partial charge in [0.1, 0.15) is 11.5 Å². The normalized spacial score (nSPS) is 14.5. The predicted octanol–water partition coefficient (Wildman–Crippen LogP) is 3.62. The Hall–Kier alpha value is -2.97. The highest BCUT2D eigenvalue weighted by Crippen LogP contribution is 2.32. The number of morpholine rings is 1. The first-order chi connectivity index (χ1) is 14.1. The maximum Gasteiger partial charge on any atom is 0.274 e. The summed E-state index contributed by atoms with van der Waals surface area (Å²) in [4.78, 5) is 20.3. The highest BCUT2D eigenvalue weighted by Gasteiger charge is 2.19. The molecule has 2 aromatic heterocycles. The van der Waals surface area contributed by atoms with Crippen LogP contribution in [0.5, 0.6) is 0 Å². The molecular weight excluding hydrogens is 388 g/mol. The third-order valence-electron chi connectivity index (χ3n) is 4.60. The molecule has 0 unspecified atom stereocenters. The van der Waals surface area contributed by atoms with E-state index in [-0.39, 0.29) is 5.91 Å². The molecule has 8 heteroatoms. The summed E-state index contributed by atoms with van der Waals surface area (Å²) in [5.41, 5.74) is 4.94. The molecule has 1 aliphatic heterocycles. The molecule has 1 saturated heterocycles. The summed E-state index contributed by atoms with van der Waals surface area (Å²) in [6.07, 6.45) is 1.66. The minimum Gasteiger partial charge on any atom is -0.466 e. The van der Waals surface area contributed by atoms with Gasteiger partial charge in [-0.2, -0.15) is 5.10 Å². The number of amides is 1. The van der Waals surface area contributed by atoms with E-state index in [1.807, 2.05) is 37.3 Å². The molecule has 7 nitrogen and oxygen atoms in total. The van der Waals surface area contributed by atoms with Crippen LogP contribution in [-0.4, -0.2) is 43.4 Å². The molecule has 0 radical (unpaired) electrons. The zero-order chi connectivity index (χ0) is 20.2. The van der Waals surface area contributed by atoms with E-state index in [1.54, 1.807) is 30.5 Å². The van der Waals surface area contributed by atoms with Gasteiger partial charge in [-0.1, -0.05) is 41.7 Å². The number of nitrogens with one attached hydrogen (secondary N) is 1. The molecule has 1 aliphatic rings. The maximum absolute atomic E-state index is 12.4. The van der Waals surface area contributed by atoms with E-state index in [0.717, 1.165) is 34.4 Å². The molecular formula is C21H22N4O3S. The zero-order valence-corrected chi connectivity index (χ0v) is 17.2. The number of rotatable bonds is 5. The van der Waals surface area contributed by atoms with E-state index >= 15 is 0 Å². The quantitative estimate of drug-likeness (QED) is 0.513. The summed E-state index contributed by atoms with van der Waals surface area (Å²) in [5.74, 6) is 0.975. The van der Waals surface area contributed by atoms with Gasteiger partial charge in [-0.05, 0) is 19.9 Å². The summed E-state index contributed by atoms with van der Waals surface area (Å²) in [5, 5.41) is 5.11. The number of carbonyl (C=O) groups excluding carboxylic acids is 1. The molecule has 0 saturated carbocycles. The Morgan fingerprint density at radius 3 is 2.69 bits per heavy atom. The summed E-state index contributed by atoms with van der Waals surface area (Å²) < 4.78 is 10.9. The maximum atomic E-state index is 12.4. The van der Waals surface area contributed by atoms with Crippen molar-refractivity contribution < 1.29 is 13.9 Å². The molecule has 0 spiro atoms. The van der Waals surface area contributed by atoms with Crippen LogP contribution in [-0.2, 0) is 4.74 Å². The number of benzene rings is 1. The topological polar surface area (TPSA) is 80.0 Å². The van der Waals surface area contributed by atoms with Gasteiger partial charge in [0.25, 0.3) is 5.91 Å². The van der Waals surface area contributed by atoms with Crippen LogP contribution < -0.4 is 10.3 Å². The van der Waals surface area contributed by atoms with Crippen molar-refractivity contribution in [2.75, 3.05) is 31.2 Å². The Kier molecular flexibility index (Phi) is 5.73. The highest BCUT2D eigenvalue weighted by molar-refractivity contribution is 7.17. The first-order valence-corrected chi connectivity index (χ1v) is 10.2. The van der Waals surface area contributed by atoms with E-state index in [4.69, 9.17) is 14.1 Å². The van der Waals surface area contributed by atoms with Crippen molar-refractivity contribution in [1.82, 2.24) is 10.4 Å². The second-order valence-corrected chi connectivity index (χ2v) is 7.71. The Bertz CT molecular complexity index is 1020. The number of nitrogens with zero attached hydrogens (tertiary/aromatic N) is 3. The van der Waals surface area contributed by atoms with Gasteiger partial charge >= 0.3 is 0 Å². The highest BCUT2D eigenvalue weighted by atomic mass is 32.1. The van der Waals surface area contributed by atoms with Crippen LogP contribution in [0.15, 0.2) is 45.9 Å². The number of carbonyl (C=O) groups is 1. The fraction of sp³-hybridized carbons (Fsp3) is 0.286. The average molecular weight is 410 g/mol. The van der Waals surface area contributed by atoms with Gasteiger partial charge in [0.15, 0.2) is 5.13 Å². The van der Waals surface area contributed by atoms with Crippen LogP contribution in [0.25, 0.3) is 11.3 Å². The van der Waals surface area contributed by atoms with Gasteiger partial charge in [0.2, 0.25) is 0 Å². The third-order valence-corrected chi connectivity index (χ3v) is 5.66. The molecule has 1 aromatic carbocycles. The Morgan fingerprint density at radius 2 is 2.00 bits per heavy atom. The van der Waals surface area contributed by atoms with Crippen molar-refractivity contribution in [2.45, 2.75) is 13.8 Å². The third kappa shape index (κ3) is 4.38. The molecule has 4 rings (SSSR count). The minimum atomic E-state index is -0.297. The van der Waals surface area contributed by atoms with Crippen LogP contribution >= 0.6 is 11.3 Å². The number of anilines is 1. The summed E-state index contributed by atoms with van der Waals surface area (Å²) >= 11 is 1.56. The van der Waals surface area contributed by atoms with Crippen molar-refractivity contribution in [3.05, 3.63) is 58.4 Å². The molecule has 1 N–H and O–H groups in total. The SMILES string of the molecule is Cc1cc(C(=O)NN=Cc2sc(N3CCOCC3)nc2-c2ccccc2)c(C)o1. The number of hydrazone groups is 1. The lowest BCUT2D eigenvalue weighted by molar-refractivity contribution is 0.0953. The number of hydrogen-bond donors (Lipinski definition) is 1. The second-order valence-electron chi connectivity index (χ2n) is 6.70. The molecule has 3 aromatic rings. The molecule has 0 aliphatic carbocycles. The van der Waals surface area contributed by atoms with Gasteiger partial charge in [0, 0.05) is 18.7 Å². The lowest BCUT2D eigenvalue weighted by Crippen LogP contribution is -2.36. The van der Waals surface area contributed by atoms with Crippen molar-refractivity contribution >= 4 is 28.6 Å². The Balaban J connectivity index is 1.58. The van der Waals surface area contributed by atoms with E-state index in [0.29, 0.717) is 30.3 Å². The van der Waals surface area contributed by atoms with Crippen molar-refractivity contribution in [3.63, 3.8) is 0 Å². The van der Waals surface area contributed by atoms with E-state index in [1.165, 1.54) is 0 Å². The summed E-state index contributed by atoms with van der Waals surface area (Å²) in [7, 11) is 0. The molecule has 0 atom stereocenters. The van der Waals surface area contributed by atoms with E-state index < -0.39 is 0 Å². The fourth-order valence-electron chi connectivity index (χ4n) is 3.17. The molecule has 1 fully saturated rings. The largest absolute Gasteiger partial charge is 0.466 e. The first kappa shape index (κ1) is 19.4. The van der Waals surface area contributed by atoms with Crippen LogP contribution in [0, 0.1) is 13.8 Å². The van der Waals surface area contributed by atoms with Gasteiger partial charge in [-0.3, -0.25) is 4.79 Å². The van der Waals surface area contributed by atoms with E-state index in [2.05, 4.69) is 15.4 Å². The van der Waals surface area contributed by atoms with Crippen LogP contribution in [0.3, 0.4) is 0 Å². The zero-order valence-electron chi connectivity index (χ0n) is 16.3. The standard InChI is InChI=1S/C21H22N4O3S/c1-14-12-17(15(2)28-14)20(26)24-22-13-18-19(16-6-4-3-5-7-16)23-21(29-18)25-8-10-27-11-9-25/h3-7,12-13H,8-11H2,1-2H3,(H,24,26). The Labute approximate surface area is 173 Å². The van der Waals surface area contributed by atoms with E-state index in [9.17, 15) is 4.79 Å². The minimum absolute atomic E-state index is 0.297. The number of thiazole rings is 1. The van der Waals surface area contributed by atoms with Crippen molar-refractivity contribution in [1.29, 1.82) is 0 Å². The molecule has 0 bridgehead atoms. The van der Waals surface area contributed by atoms with Gasteiger partial charge in [-0.15, -0.1) is 0 Å². The Morgan fingerprint density at radius 1 is 1.24 bits per heavy atom. The van der Waals surface area contributed by atoms with Gasteiger partial charge in [0.05, 0.1) is 35.6 Å². The predicted molar refractivity (Wildman–Crippen MR) is 114 cm³/mol.